The van der Waals surface area contributed by atoms with Crippen molar-refractivity contribution in [2.45, 2.75) is 31.7 Å². The van der Waals surface area contributed by atoms with E-state index < -0.39 is 21.7 Å². The van der Waals surface area contributed by atoms with Gasteiger partial charge in [-0.05, 0) is 53.9 Å². The van der Waals surface area contributed by atoms with Crippen molar-refractivity contribution >= 4 is 27.4 Å². The predicted molar refractivity (Wildman–Crippen MR) is 117 cm³/mol. The Hall–Kier alpha value is -2.55. The van der Waals surface area contributed by atoms with Gasteiger partial charge < -0.3 is 10.2 Å². The molecule has 0 aliphatic carbocycles. The number of carbonyl (C=O) groups is 2. The molecule has 1 amide bonds. The Bertz CT molecular complexity index is 1110. The van der Waals surface area contributed by atoms with Crippen LogP contribution in [0.5, 0.6) is 0 Å². The van der Waals surface area contributed by atoms with Crippen molar-refractivity contribution in [3.8, 4) is 11.1 Å². The molecule has 0 aromatic heterocycles. The summed E-state index contributed by atoms with van der Waals surface area (Å²) >= 11 is 0. The van der Waals surface area contributed by atoms with Gasteiger partial charge in [-0.3, -0.25) is 9.59 Å². The molecule has 7 nitrogen and oxygen atoms in total. The van der Waals surface area contributed by atoms with Crippen molar-refractivity contribution in [1.29, 1.82) is 0 Å². The standard InChI is InChI=1S/C20H21N3O4S.C2H6/c1-22(2)28(26,27)13-6-4-12(5-7-13)15-10-16-18(21-20(25)19(16)24)17-11-23(3)9-8-14(15)17;1-2/h4-7,10H,8-9,11H2,1-3H3,(H,21,24,25);1-2H3. The number of fused-ring (bicyclic) bond motifs is 3. The predicted octanol–water partition coefficient (Wildman–Crippen LogP) is 2.75. The number of benzene rings is 2. The van der Waals surface area contributed by atoms with Crippen LogP contribution in [-0.2, 0) is 27.8 Å². The first-order valence-electron chi connectivity index (χ1n) is 9.96. The minimum absolute atomic E-state index is 0.212. The average Bonchev–Trinajstić information content (AvgIpc) is 3.03. The lowest BCUT2D eigenvalue weighted by molar-refractivity contribution is -0.112. The number of hydrogen-bond acceptors (Lipinski definition) is 5. The third-order valence-corrected chi connectivity index (χ3v) is 7.18. The van der Waals surface area contributed by atoms with Crippen LogP contribution in [0.4, 0.5) is 5.69 Å². The molecule has 4 rings (SSSR count). The molecule has 2 aromatic rings. The van der Waals surface area contributed by atoms with E-state index in [-0.39, 0.29) is 4.90 Å². The van der Waals surface area contributed by atoms with Crippen LogP contribution < -0.4 is 5.32 Å². The van der Waals surface area contributed by atoms with E-state index in [0.29, 0.717) is 17.8 Å². The zero-order valence-electron chi connectivity index (χ0n) is 17.9. The molecule has 0 bridgehead atoms. The van der Waals surface area contributed by atoms with Gasteiger partial charge in [0, 0.05) is 27.2 Å². The van der Waals surface area contributed by atoms with Gasteiger partial charge in [0.1, 0.15) is 0 Å². The second kappa shape index (κ2) is 8.29. The summed E-state index contributed by atoms with van der Waals surface area (Å²) in [7, 11) is 1.48. The molecule has 1 N–H and O–H groups in total. The van der Waals surface area contributed by atoms with Crippen LogP contribution in [0.3, 0.4) is 0 Å². The van der Waals surface area contributed by atoms with Gasteiger partial charge in [-0.25, -0.2) is 12.7 Å². The maximum Gasteiger partial charge on any atom is 0.296 e. The van der Waals surface area contributed by atoms with E-state index in [0.717, 1.165) is 35.2 Å². The average molecular weight is 430 g/mol. The number of nitrogens with zero attached hydrogens (tertiary/aromatic N) is 2. The van der Waals surface area contributed by atoms with E-state index in [1.807, 2.05) is 20.9 Å². The van der Waals surface area contributed by atoms with Crippen LogP contribution >= 0.6 is 0 Å². The van der Waals surface area contributed by atoms with Crippen molar-refractivity contribution < 1.29 is 18.0 Å². The summed E-state index contributed by atoms with van der Waals surface area (Å²) in [6.07, 6.45) is 0.788. The Balaban J connectivity index is 0.00000124. The molecular weight excluding hydrogens is 402 g/mol. The highest BCUT2D eigenvalue weighted by atomic mass is 32.2. The fourth-order valence-corrected chi connectivity index (χ4v) is 4.68. The molecule has 2 aliphatic heterocycles. The third kappa shape index (κ3) is 3.66. The molecule has 0 fully saturated rings. The van der Waals surface area contributed by atoms with Crippen LogP contribution in [0.1, 0.15) is 35.3 Å². The number of rotatable bonds is 3. The van der Waals surface area contributed by atoms with Gasteiger partial charge in [0.2, 0.25) is 10.0 Å². The van der Waals surface area contributed by atoms with Gasteiger partial charge in [0.25, 0.3) is 11.7 Å². The van der Waals surface area contributed by atoms with E-state index in [4.69, 9.17) is 0 Å². The molecule has 8 heteroatoms. The Morgan fingerprint density at radius 2 is 1.63 bits per heavy atom. The van der Waals surface area contributed by atoms with Gasteiger partial charge in [-0.15, -0.1) is 0 Å². The highest BCUT2D eigenvalue weighted by Gasteiger charge is 2.34. The zero-order valence-corrected chi connectivity index (χ0v) is 18.8. The summed E-state index contributed by atoms with van der Waals surface area (Å²) in [5, 5.41) is 2.72. The summed E-state index contributed by atoms with van der Waals surface area (Å²) in [4.78, 5) is 26.6. The summed E-state index contributed by atoms with van der Waals surface area (Å²) in [5.74, 6) is -1.13. The van der Waals surface area contributed by atoms with Gasteiger partial charge in [-0.1, -0.05) is 26.0 Å². The van der Waals surface area contributed by atoms with Gasteiger partial charge in [-0.2, -0.15) is 0 Å². The SMILES string of the molecule is CC.CN1CCc2c(-c3ccc(S(=O)(=O)N(C)C)cc3)cc3c(c2C1)NC(=O)C3=O. The molecule has 0 unspecified atom stereocenters. The molecule has 0 radical (unpaired) electrons. The molecular formula is C22H27N3O4S. The maximum atomic E-state index is 12.3. The van der Waals surface area contributed by atoms with E-state index >= 15 is 0 Å². The van der Waals surface area contributed by atoms with Crippen molar-refractivity contribution in [2.75, 3.05) is 33.0 Å². The quantitative estimate of drug-likeness (QED) is 0.758. The molecule has 0 saturated carbocycles. The van der Waals surface area contributed by atoms with E-state index in [1.165, 1.54) is 18.4 Å². The lowest BCUT2D eigenvalue weighted by Gasteiger charge is -2.29. The number of ketones is 1. The second-order valence-corrected chi connectivity index (χ2v) is 9.54. The largest absolute Gasteiger partial charge is 0.318 e. The lowest BCUT2D eigenvalue weighted by Crippen LogP contribution is -2.27. The monoisotopic (exact) mass is 429 g/mol. The highest BCUT2D eigenvalue weighted by Crippen LogP contribution is 2.40. The third-order valence-electron chi connectivity index (χ3n) is 5.35. The number of hydrogen-bond donors (Lipinski definition) is 1. The first kappa shape index (κ1) is 22.1. The molecule has 160 valence electrons. The van der Waals surface area contributed by atoms with Crippen LogP contribution in [0.2, 0.25) is 0 Å². The minimum atomic E-state index is -3.51. The zero-order chi connectivity index (χ0) is 22.2. The first-order chi connectivity index (χ1) is 14.2. The smallest absolute Gasteiger partial charge is 0.296 e. The number of sulfonamides is 1. The summed E-state index contributed by atoms with van der Waals surface area (Å²) in [5.41, 5.74) is 4.76. The number of likely N-dealkylation sites (N-methyl/N-ethyl adjacent to an activating group) is 1. The Labute approximate surface area is 177 Å². The summed E-state index contributed by atoms with van der Waals surface area (Å²) in [6.45, 7) is 5.51. The normalized spacial score (nSPS) is 15.9. The highest BCUT2D eigenvalue weighted by molar-refractivity contribution is 7.89. The maximum absolute atomic E-state index is 12.3. The Kier molecular flexibility index (Phi) is 6.12. The Morgan fingerprint density at radius 1 is 1.00 bits per heavy atom. The van der Waals surface area contributed by atoms with Crippen LogP contribution in [0, 0.1) is 0 Å². The summed E-state index contributed by atoms with van der Waals surface area (Å²) in [6, 6.07) is 8.42. The fraction of sp³-hybridized carbons (Fsp3) is 0.364. The molecule has 2 heterocycles. The van der Waals surface area contributed by atoms with Crippen molar-refractivity contribution in [3.05, 3.63) is 47.0 Å². The van der Waals surface area contributed by atoms with E-state index in [1.54, 1.807) is 30.3 Å². The van der Waals surface area contributed by atoms with Gasteiger partial charge in [0.15, 0.2) is 0 Å². The second-order valence-electron chi connectivity index (χ2n) is 7.39. The molecule has 0 spiro atoms. The number of anilines is 1. The first-order valence-corrected chi connectivity index (χ1v) is 11.4. The van der Waals surface area contributed by atoms with Crippen LogP contribution in [0.25, 0.3) is 11.1 Å². The number of carbonyl (C=O) groups excluding carboxylic acids is 2. The summed E-state index contributed by atoms with van der Waals surface area (Å²) < 4.78 is 25.8. The van der Waals surface area contributed by atoms with Gasteiger partial charge >= 0.3 is 0 Å². The number of amides is 1. The fourth-order valence-electron chi connectivity index (χ4n) is 3.78. The van der Waals surface area contributed by atoms with E-state index in [2.05, 4.69) is 10.2 Å². The van der Waals surface area contributed by atoms with E-state index in [9.17, 15) is 18.0 Å². The van der Waals surface area contributed by atoms with Gasteiger partial charge in [0.05, 0.1) is 16.1 Å². The van der Waals surface area contributed by atoms with Crippen molar-refractivity contribution in [3.63, 3.8) is 0 Å². The number of Topliss-reactive ketones (excluding diaryl/α,β-unsaturated/α-hetero) is 1. The van der Waals surface area contributed by atoms with Crippen LogP contribution in [-0.4, -0.2) is 57.0 Å². The number of nitrogens with one attached hydrogen (secondary N) is 1. The molecule has 2 aliphatic rings. The Morgan fingerprint density at radius 3 is 2.23 bits per heavy atom. The molecule has 0 atom stereocenters. The minimum Gasteiger partial charge on any atom is -0.318 e. The molecule has 2 aromatic carbocycles. The van der Waals surface area contributed by atoms with Crippen LogP contribution in [0.15, 0.2) is 35.2 Å². The molecule has 0 saturated heterocycles. The molecule has 30 heavy (non-hydrogen) atoms. The van der Waals surface area contributed by atoms with Crippen molar-refractivity contribution in [1.82, 2.24) is 9.21 Å². The van der Waals surface area contributed by atoms with Crippen molar-refractivity contribution in [2.24, 2.45) is 0 Å². The lowest BCUT2D eigenvalue weighted by atomic mass is 9.87. The topological polar surface area (TPSA) is 86.8 Å².